The zero-order valence-electron chi connectivity index (χ0n) is 42.1. The molecule has 0 unspecified atom stereocenters. The van der Waals surface area contributed by atoms with Gasteiger partial charge in [-0.1, -0.05) is 13.3 Å². The number of carboxylic acids is 3. The number of unbranched alkanes of at least 4 members (excludes halogenated alkanes) is 2. The largest absolute Gasteiger partial charge is 0.481 e. The third-order valence-electron chi connectivity index (χ3n) is 11.0. The van der Waals surface area contributed by atoms with E-state index in [4.69, 9.17) is 20.3 Å². The zero-order chi connectivity index (χ0) is 55.3. The molecule has 416 valence electrons. The molecule has 26 heteroatoms. The van der Waals surface area contributed by atoms with Crippen LogP contribution in [0.2, 0.25) is 0 Å². The number of hydrogen-bond acceptors (Lipinski definition) is 16. The molecule has 25 nitrogen and oxygen atoms in total. The molecule has 0 aliphatic heterocycles. The van der Waals surface area contributed by atoms with Gasteiger partial charge in [0.2, 0.25) is 39.6 Å². The van der Waals surface area contributed by atoms with E-state index >= 15 is 0 Å². The Hall–Kier alpha value is -6.54. The lowest BCUT2D eigenvalue weighted by atomic mass is 9.95. The van der Waals surface area contributed by atoms with Crippen molar-refractivity contribution in [3.8, 4) is 0 Å². The number of rotatable bonds is 45. The number of sulfonamides is 1. The standard InChI is InChI=1S/C48H75N7O18S/c1-2-3-24-50-35-19-16-33(17-20-35)46(65)52-25-5-4-12-38(45(49)64)53-43(61)32-73-29-28-72-27-8-11-36(56)21-22-39(48(68)69)54-41(59)23-18-34(47(66)67)31-37(57)10-7-26-51-40(58)14-9-30-74(70,71)55-42(60)13-6-15-44(62)63/h16-17,19-20,34,38-39,50H,2-15,18,21-32H2,1H3,(H2,49,64)(H,51,58)(H,52,65)(H,53,61)(H,54,59)(H,55,60)(H,62,63)(H,66,67)(H,68,69)/t34-,38+,39+/m1/s1. The molecule has 0 aromatic heterocycles. The third-order valence-corrected chi connectivity index (χ3v) is 12.3. The Labute approximate surface area is 431 Å². The predicted molar refractivity (Wildman–Crippen MR) is 267 cm³/mol. The van der Waals surface area contributed by atoms with Crippen molar-refractivity contribution < 1.29 is 86.0 Å². The number of aliphatic carboxylic acids is 3. The quantitative estimate of drug-likeness (QED) is 0.0412. The second kappa shape index (κ2) is 38.1. The van der Waals surface area contributed by atoms with Crippen LogP contribution in [0.3, 0.4) is 0 Å². The number of carbonyl (C=O) groups is 11. The molecule has 0 aliphatic rings. The van der Waals surface area contributed by atoms with Gasteiger partial charge in [-0.2, -0.15) is 0 Å². The van der Waals surface area contributed by atoms with Gasteiger partial charge in [0.15, 0.2) is 0 Å². The van der Waals surface area contributed by atoms with E-state index in [0.29, 0.717) is 31.4 Å². The van der Waals surface area contributed by atoms with E-state index in [1.54, 1.807) is 16.9 Å². The number of benzene rings is 1. The van der Waals surface area contributed by atoms with Gasteiger partial charge in [-0.3, -0.25) is 52.7 Å². The van der Waals surface area contributed by atoms with Crippen LogP contribution in [0, 0.1) is 5.92 Å². The van der Waals surface area contributed by atoms with Crippen LogP contribution in [0.25, 0.3) is 0 Å². The number of hydrogen-bond donors (Lipinski definition) is 10. The molecular weight excluding hydrogens is 995 g/mol. The van der Waals surface area contributed by atoms with Gasteiger partial charge in [0, 0.05) is 88.9 Å². The summed E-state index contributed by atoms with van der Waals surface area (Å²) in [4.78, 5) is 132. The molecule has 0 radical (unpaired) electrons. The minimum atomic E-state index is -4.04. The van der Waals surface area contributed by atoms with Gasteiger partial charge in [0.25, 0.3) is 5.91 Å². The molecule has 0 heterocycles. The molecule has 0 spiro atoms. The van der Waals surface area contributed by atoms with Crippen molar-refractivity contribution in [1.29, 1.82) is 0 Å². The molecule has 1 rings (SSSR count). The first kappa shape index (κ1) is 65.5. The summed E-state index contributed by atoms with van der Waals surface area (Å²) < 4.78 is 36.6. The summed E-state index contributed by atoms with van der Waals surface area (Å²) in [7, 11) is -4.04. The number of ether oxygens (including phenoxy) is 2. The highest BCUT2D eigenvalue weighted by atomic mass is 32.2. The molecule has 74 heavy (non-hydrogen) atoms. The van der Waals surface area contributed by atoms with Crippen LogP contribution in [-0.2, 0) is 67.4 Å². The van der Waals surface area contributed by atoms with Crippen molar-refractivity contribution in [2.45, 2.75) is 141 Å². The molecule has 0 saturated heterocycles. The molecule has 0 saturated carbocycles. The molecule has 11 N–H and O–H groups in total. The van der Waals surface area contributed by atoms with Gasteiger partial charge < -0.3 is 57.1 Å². The van der Waals surface area contributed by atoms with Crippen molar-refractivity contribution in [3.05, 3.63) is 29.8 Å². The fourth-order valence-corrected chi connectivity index (χ4v) is 7.93. The summed E-state index contributed by atoms with van der Waals surface area (Å²) in [6.45, 7) is 3.26. The van der Waals surface area contributed by atoms with Gasteiger partial charge >= 0.3 is 17.9 Å². The Morgan fingerprint density at radius 2 is 1.24 bits per heavy atom. The summed E-state index contributed by atoms with van der Waals surface area (Å²) in [6, 6.07) is 4.81. The highest BCUT2D eigenvalue weighted by molar-refractivity contribution is 7.90. The molecule has 0 fully saturated rings. The van der Waals surface area contributed by atoms with Crippen LogP contribution in [0.5, 0.6) is 0 Å². The lowest BCUT2D eigenvalue weighted by Crippen LogP contribution is -2.45. The van der Waals surface area contributed by atoms with Crippen molar-refractivity contribution in [2.24, 2.45) is 11.7 Å². The number of carbonyl (C=O) groups excluding carboxylic acids is 8. The summed E-state index contributed by atoms with van der Waals surface area (Å²) >= 11 is 0. The number of nitrogens with two attached hydrogens (primary N) is 1. The fraction of sp³-hybridized carbons (Fsp3) is 0.646. The summed E-state index contributed by atoms with van der Waals surface area (Å²) in [6.07, 6.45) is 1.28. The van der Waals surface area contributed by atoms with Crippen LogP contribution in [0.4, 0.5) is 5.69 Å². The number of anilines is 1. The maximum Gasteiger partial charge on any atom is 0.326 e. The summed E-state index contributed by atoms with van der Waals surface area (Å²) in [5.41, 5.74) is 6.92. The first-order chi connectivity index (χ1) is 35.1. The van der Waals surface area contributed by atoms with E-state index in [0.717, 1.165) is 25.1 Å². The maximum absolute atomic E-state index is 12.6. The van der Waals surface area contributed by atoms with Gasteiger partial charge in [-0.25, -0.2) is 13.2 Å². The van der Waals surface area contributed by atoms with Crippen molar-refractivity contribution in [1.82, 2.24) is 26.0 Å². The zero-order valence-corrected chi connectivity index (χ0v) is 42.9. The van der Waals surface area contributed by atoms with Crippen molar-refractivity contribution in [2.75, 3.05) is 57.1 Å². The third kappa shape index (κ3) is 33.2. The number of Topliss-reactive ketones (excluding diaryl/α,β-unsaturated/α-hetero) is 2. The number of primary amides is 1. The Bertz CT molecular complexity index is 2110. The predicted octanol–water partition coefficient (Wildman–Crippen LogP) is 1.32. The van der Waals surface area contributed by atoms with Crippen LogP contribution in [0.15, 0.2) is 24.3 Å². The van der Waals surface area contributed by atoms with Crippen LogP contribution in [-0.4, -0.2) is 153 Å². The highest BCUT2D eigenvalue weighted by Gasteiger charge is 2.25. The normalized spacial score (nSPS) is 12.3. The van der Waals surface area contributed by atoms with E-state index in [1.807, 2.05) is 12.1 Å². The topological polar surface area (TPSA) is 399 Å². The smallest absolute Gasteiger partial charge is 0.326 e. The van der Waals surface area contributed by atoms with Gasteiger partial charge in [-0.15, -0.1) is 0 Å². The lowest BCUT2D eigenvalue weighted by molar-refractivity contribution is -0.145. The number of nitrogens with one attached hydrogen (secondary N) is 6. The first-order valence-corrected chi connectivity index (χ1v) is 26.4. The molecule has 1 aromatic carbocycles. The van der Waals surface area contributed by atoms with E-state index in [1.165, 1.54) is 0 Å². The minimum absolute atomic E-state index is 0.0232. The second-order valence-corrected chi connectivity index (χ2v) is 19.2. The molecular formula is C48H75N7O18S. The highest BCUT2D eigenvalue weighted by Crippen LogP contribution is 2.15. The SMILES string of the molecule is CCCCNc1ccc(C(=O)NCCCC[C@H](NC(=O)COCCOCCCC(=O)CC[C@H](NC(=O)CC[C@H](CC(=O)CCCNC(=O)CCCS(=O)(=O)NC(=O)CCCC(=O)O)C(=O)O)C(=O)O)C(N)=O)cc1. The Morgan fingerprint density at radius 3 is 1.91 bits per heavy atom. The lowest BCUT2D eigenvalue weighted by Gasteiger charge is -2.16. The Morgan fingerprint density at radius 1 is 0.581 bits per heavy atom. The molecule has 0 bridgehead atoms. The van der Waals surface area contributed by atoms with Crippen molar-refractivity contribution >= 4 is 80.6 Å². The molecule has 6 amide bonds. The van der Waals surface area contributed by atoms with E-state index in [-0.39, 0.29) is 122 Å². The number of amides is 6. The van der Waals surface area contributed by atoms with E-state index in [2.05, 4.69) is 33.5 Å². The van der Waals surface area contributed by atoms with E-state index < -0.39 is 99.8 Å². The number of carboxylic acid groups (broad SMARTS) is 3. The van der Waals surface area contributed by atoms with Gasteiger partial charge in [-0.05, 0) is 88.5 Å². The number of ketones is 2. The monoisotopic (exact) mass is 1070 g/mol. The van der Waals surface area contributed by atoms with Crippen LogP contribution >= 0.6 is 0 Å². The molecule has 3 atom stereocenters. The van der Waals surface area contributed by atoms with Crippen LogP contribution in [0.1, 0.15) is 139 Å². The Kier molecular flexibility index (Phi) is 33.7. The molecule has 0 aliphatic carbocycles. The van der Waals surface area contributed by atoms with E-state index in [9.17, 15) is 71.4 Å². The van der Waals surface area contributed by atoms with Gasteiger partial charge in [0.1, 0.15) is 30.3 Å². The fourth-order valence-electron chi connectivity index (χ4n) is 6.85. The average molecular weight is 1070 g/mol. The van der Waals surface area contributed by atoms with Gasteiger partial charge in [0.05, 0.1) is 24.9 Å². The second-order valence-electron chi connectivity index (χ2n) is 17.4. The first-order valence-electron chi connectivity index (χ1n) is 24.8. The maximum atomic E-state index is 12.6. The van der Waals surface area contributed by atoms with Crippen molar-refractivity contribution in [3.63, 3.8) is 0 Å². The summed E-state index contributed by atoms with van der Waals surface area (Å²) in [5, 5.41) is 41.3. The summed E-state index contributed by atoms with van der Waals surface area (Å²) in [5.74, 6) is -10.1. The van der Waals surface area contributed by atoms with Crippen LogP contribution < -0.4 is 37.0 Å². The average Bonchev–Trinajstić information content (AvgIpc) is 3.32. The minimum Gasteiger partial charge on any atom is -0.481 e. The Balaban J connectivity index is 2.24. The molecule has 1 aromatic rings.